The summed E-state index contributed by atoms with van der Waals surface area (Å²) in [6.07, 6.45) is 0.294. The summed E-state index contributed by atoms with van der Waals surface area (Å²) in [5.41, 5.74) is 5.76. The van der Waals surface area contributed by atoms with Crippen LogP contribution in [0.2, 0.25) is 0 Å². The van der Waals surface area contributed by atoms with E-state index >= 15 is 0 Å². The number of nitrogens with two attached hydrogens (primary N) is 1. The third kappa shape index (κ3) is 5.67. The highest BCUT2D eigenvalue weighted by atomic mass is 16.2. The molecule has 1 atom stereocenters. The molecule has 0 aliphatic carbocycles. The molecule has 0 spiro atoms. The summed E-state index contributed by atoms with van der Waals surface area (Å²) < 4.78 is 0. The molecule has 1 aromatic rings. The van der Waals surface area contributed by atoms with Gasteiger partial charge in [-0.1, -0.05) is 18.2 Å². The zero-order chi connectivity index (χ0) is 12.7. The molecule has 5 heteroatoms. The Morgan fingerprint density at radius 1 is 1.29 bits per heavy atom. The van der Waals surface area contributed by atoms with Gasteiger partial charge in [0.2, 0.25) is 11.8 Å². The van der Waals surface area contributed by atoms with Gasteiger partial charge in [-0.3, -0.25) is 9.59 Å². The fraction of sp³-hybridized carbons (Fsp3) is 0.333. The van der Waals surface area contributed by atoms with Gasteiger partial charge in [-0.15, -0.1) is 0 Å². The number of primary amides is 1. The van der Waals surface area contributed by atoms with Crippen LogP contribution < -0.4 is 16.4 Å². The number of nitrogens with one attached hydrogen (secondary N) is 2. The Kier molecular flexibility index (Phi) is 5.16. The minimum atomic E-state index is -0.430. The molecule has 4 N–H and O–H groups in total. The van der Waals surface area contributed by atoms with Crippen molar-refractivity contribution in [1.82, 2.24) is 5.32 Å². The Morgan fingerprint density at radius 3 is 2.53 bits per heavy atom. The predicted octanol–water partition coefficient (Wildman–Crippen LogP) is 0.479. The van der Waals surface area contributed by atoms with Crippen molar-refractivity contribution in [1.29, 1.82) is 0 Å². The molecule has 0 saturated carbocycles. The Labute approximate surface area is 100 Å². The Balaban J connectivity index is 2.32. The van der Waals surface area contributed by atoms with Crippen LogP contribution in [0.3, 0.4) is 0 Å². The first-order valence-corrected chi connectivity index (χ1v) is 5.44. The largest absolute Gasteiger partial charge is 0.369 e. The summed E-state index contributed by atoms with van der Waals surface area (Å²) in [6, 6.07) is 9.13. The maximum absolute atomic E-state index is 11.6. The van der Waals surface area contributed by atoms with E-state index in [1.54, 1.807) is 0 Å². The van der Waals surface area contributed by atoms with Gasteiger partial charge in [0.25, 0.3) is 0 Å². The van der Waals surface area contributed by atoms with E-state index in [0.717, 1.165) is 5.69 Å². The lowest BCUT2D eigenvalue weighted by Gasteiger charge is -2.12. The van der Waals surface area contributed by atoms with E-state index in [1.165, 1.54) is 0 Å². The maximum Gasteiger partial charge on any atom is 0.231 e. The number of hydrogen-bond donors (Lipinski definition) is 3. The van der Waals surface area contributed by atoms with Gasteiger partial charge >= 0.3 is 0 Å². The summed E-state index contributed by atoms with van der Waals surface area (Å²) in [4.78, 5) is 22.1. The van der Waals surface area contributed by atoms with Crippen molar-refractivity contribution < 1.29 is 9.59 Å². The topological polar surface area (TPSA) is 84.2 Å². The van der Waals surface area contributed by atoms with Crippen molar-refractivity contribution in [3.8, 4) is 0 Å². The van der Waals surface area contributed by atoms with E-state index in [9.17, 15) is 9.59 Å². The minimum Gasteiger partial charge on any atom is -0.369 e. The van der Waals surface area contributed by atoms with Crippen molar-refractivity contribution in [2.24, 2.45) is 5.73 Å². The molecule has 1 rings (SSSR count). The lowest BCUT2D eigenvalue weighted by atomic mass is 10.2. The highest BCUT2D eigenvalue weighted by Crippen LogP contribution is 2.05. The Bertz CT molecular complexity index is 379. The normalized spacial score (nSPS) is 11.8. The second kappa shape index (κ2) is 6.65. The number of carbonyl (C=O) groups is 2. The standard InChI is InChI=1S/C12H17N3O2/c1-9(14-8-11(13)16)7-12(17)15-10-5-3-2-4-6-10/h2-6,9,14H,7-8H2,1H3,(H2,13,16)(H,15,17). The molecule has 0 aromatic heterocycles. The zero-order valence-electron chi connectivity index (χ0n) is 9.77. The number of benzene rings is 1. The van der Waals surface area contributed by atoms with Crippen LogP contribution in [-0.4, -0.2) is 24.4 Å². The van der Waals surface area contributed by atoms with Crippen LogP contribution in [0.5, 0.6) is 0 Å². The molecule has 5 nitrogen and oxygen atoms in total. The van der Waals surface area contributed by atoms with Crippen molar-refractivity contribution >= 4 is 17.5 Å². The monoisotopic (exact) mass is 235 g/mol. The molecule has 0 bridgehead atoms. The molecule has 0 radical (unpaired) electrons. The second-order valence-corrected chi connectivity index (χ2v) is 3.87. The summed E-state index contributed by atoms with van der Waals surface area (Å²) in [6.45, 7) is 1.91. The molecule has 0 fully saturated rings. The van der Waals surface area contributed by atoms with Crippen LogP contribution in [0.1, 0.15) is 13.3 Å². The number of anilines is 1. The van der Waals surface area contributed by atoms with Gasteiger partial charge in [0, 0.05) is 18.2 Å². The number of para-hydroxylation sites is 1. The van der Waals surface area contributed by atoms with E-state index < -0.39 is 5.91 Å². The first kappa shape index (κ1) is 13.2. The van der Waals surface area contributed by atoms with Crippen LogP contribution in [0, 0.1) is 0 Å². The molecular formula is C12H17N3O2. The van der Waals surface area contributed by atoms with E-state index in [1.807, 2.05) is 37.3 Å². The Morgan fingerprint density at radius 2 is 1.94 bits per heavy atom. The van der Waals surface area contributed by atoms with E-state index in [-0.39, 0.29) is 18.5 Å². The van der Waals surface area contributed by atoms with E-state index in [2.05, 4.69) is 10.6 Å². The molecule has 0 aliphatic rings. The summed E-state index contributed by atoms with van der Waals surface area (Å²) in [5.74, 6) is -0.527. The smallest absolute Gasteiger partial charge is 0.231 e. The Hall–Kier alpha value is -1.88. The van der Waals surface area contributed by atoms with Gasteiger partial charge in [0.1, 0.15) is 0 Å². The lowest BCUT2D eigenvalue weighted by Crippen LogP contribution is -2.36. The molecule has 1 aromatic carbocycles. The van der Waals surface area contributed by atoms with Crippen molar-refractivity contribution in [2.45, 2.75) is 19.4 Å². The summed E-state index contributed by atoms with van der Waals surface area (Å²) in [7, 11) is 0. The van der Waals surface area contributed by atoms with Crippen molar-refractivity contribution in [3.05, 3.63) is 30.3 Å². The fourth-order valence-corrected chi connectivity index (χ4v) is 1.36. The van der Waals surface area contributed by atoms with Crippen LogP contribution in [0.15, 0.2) is 30.3 Å². The highest BCUT2D eigenvalue weighted by molar-refractivity contribution is 5.91. The van der Waals surface area contributed by atoms with Crippen molar-refractivity contribution in [2.75, 3.05) is 11.9 Å². The van der Waals surface area contributed by atoms with Crippen LogP contribution >= 0.6 is 0 Å². The maximum atomic E-state index is 11.6. The molecule has 17 heavy (non-hydrogen) atoms. The number of amides is 2. The van der Waals surface area contributed by atoms with Gasteiger partial charge < -0.3 is 16.4 Å². The molecule has 1 unspecified atom stereocenters. The first-order chi connectivity index (χ1) is 8.08. The molecule has 0 heterocycles. The zero-order valence-corrected chi connectivity index (χ0v) is 9.77. The van der Waals surface area contributed by atoms with Gasteiger partial charge in [-0.2, -0.15) is 0 Å². The van der Waals surface area contributed by atoms with Crippen LogP contribution in [0.25, 0.3) is 0 Å². The summed E-state index contributed by atoms with van der Waals surface area (Å²) >= 11 is 0. The van der Waals surface area contributed by atoms with Gasteiger partial charge in [0.15, 0.2) is 0 Å². The predicted molar refractivity (Wildman–Crippen MR) is 66.3 cm³/mol. The average molecular weight is 235 g/mol. The average Bonchev–Trinajstić information content (AvgIpc) is 2.27. The second-order valence-electron chi connectivity index (χ2n) is 3.87. The van der Waals surface area contributed by atoms with Gasteiger partial charge in [0.05, 0.1) is 6.54 Å². The minimum absolute atomic E-state index is 0.0831. The summed E-state index contributed by atoms with van der Waals surface area (Å²) in [5, 5.41) is 5.63. The third-order valence-corrected chi connectivity index (χ3v) is 2.17. The van der Waals surface area contributed by atoms with Gasteiger partial charge in [-0.05, 0) is 19.1 Å². The first-order valence-electron chi connectivity index (χ1n) is 5.44. The molecule has 0 aliphatic heterocycles. The van der Waals surface area contributed by atoms with Crippen molar-refractivity contribution in [3.63, 3.8) is 0 Å². The van der Waals surface area contributed by atoms with Gasteiger partial charge in [-0.25, -0.2) is 0 Å². The molecule has 0 saturated heterocycles. The SMILES string of the molecule is CC(CC(=O)Nc1ccccc1)NCC(N)=O. The number of hydrogen-bond acceptors (Lipinski definition) is 3. The molecule has 92 valence electrons. The number of carbonyl (C=O) groups excluding carboxylic acids is 2. The van der Waals surface area contributed by atoms with Crippen LogP contribution in [0.4, 0.5) is 5.69 Å². The number of rotatable bonds is 6. The quantitative estimate of drug-likeness (QED) is 0.670. The lowest BCUT2D eigenvalue weighted by molar-refractivity contribution is -0.118. The fourth-order valence-electron chi connectivity index (χ4n) is 1.36. The highest BCUT2D eigenvalue weighted by Gasteiger charge is 2.09. The van der Waals surface area contributed by atoms with E-state index in [0.29, 0.717) is 6.42 Å². The van der Waals surface area contributed by atoms with E-state index in [4.69, 9.17) is 5.73 Å². The molecule has 2 amide bonds. The van der Waals surface area contributed by atoms with Crippen LogP contribution in [-0.2, 0) is 9.59 Å². The third-order valence-electron chi connectivity index (χ3n) is 2.17. The molecular weight excluding hydrogens is 218 g/mol.